The quantitative estimate of drug-likeness (QED) is 0.461. The molecule has 0 bridgehead atoms. The summed E-state index contributed by atoms with van der Waals surface area (Å²) in [7, 11) is 0. The standard InChI is InChI=1S/C15H23N3OS/c1-2-20-13-7-5-6-12(14(13)15(16)17)19-11-10-18-8-3-4-9-18/h5-7H,2-4,8-11H2,1H3,(H3,16,17). The van der Waals surface area contributed by atoms with Gasteiger partial charge in [0.05, 0.1) is 5.56 Å². The fourth-order valence-corrected chi connectivity index (χ4v) is 3.30. The van der Waals surface area contributed by atoms with Crippen molar-refractivity contribution in [3.63, 3.8) is 0 Å². The largest absolute Gasteiger partial charge is 0.491 e. The van der Waals surface area contributed by atoms with Crippen molar-refractivity contribution in [1.29, 1.82) is 5.41 Å². The Morgan fingerprint density at radius 3 is 2.80 bits per heavy atom. The van der Waals surface area contributed by atoms with Gasteiger partial charge in [0.2, 0.25) is 0 Å². The maximum absolute atomic E-state index is 7.77. The lowest BCUT2D eigenvalue weighted by molar-refractivity contribution is 0.237. The van der Waals surface area contributed by atoms with E-state index in [0.717, 1.165) is 28.5 Å². The van der Waals surface area contributed by atoms with E-state index in [-0.39, 0.29) is 5.84 Å². The second-order valence-corrected chi connectivity index (χ2v) is 6.18. The topological polar surface area (TPSA) is 62.3 Å². The number of nitrogen functional groups attached to an aromatic ring is 1. The van der Waals surface area contributed by atoms with Gasteiger partial charge in [0.15, 0.2) is 0 Å². The van der Waals surface area contributed by atoms with Crippen molar-refractivity contribution in [3.05, 3.63) is 23.8 Å². The van der Waals surface area contributed by atoms with Crippen LogP contribution in [0.5, 0.6) is 5.75 Å². The molecule has 1 aromatic rings. The zero-order chi connectivity index (χ0) is 14.4. The van der Waals surface area contributed by atoms with E-state index in [1.54, 1.807) is 11.8 Å². The van der Waals surface area contributed by atoms with Crippen LogP contribution in [-0.2, 0) is 0 Å². The Morgan fingerprint density at radius 2 is 2.15 bits per heavy atom. The van der Waals surface area contributed by atoms with Crippen LogP contribution in [0.1, 0.15) is 25.3 Å². The first-order valence-corrected chi connectivity index (χ1v) is 8.16. The molecule has 20 heavy (non-hydrogen) atoms. The first-order chi connectivity index (χ1) is 9.72. The molecule has 1 aliphatic heterocycles. The average molecular weight is 293 g/mol. The highest BCUT2D eigenvalue weighted by Gasteiger charge is 2.14. The molecule has 1 heterocycles. The van der Waals surface area contributed by atoms with Crippen LogP contribution < -0.4 is 10.5 Å². The number of nitrogens with zero attached hydrogens (tertiary/aromatic N) is 1. The summed E-state index contributed by atoms with van der Waals surface area (Å²) >= 11 is 1.69. The Balaban J connectivity index is 2.01. The monoisotopic (exact) mass is 293 g/mol. The molecule has 0 aliphatic carbocycles. The fraction of sp³-hybridized carbons (Fsp3) is 0.533. The van der Waals surface area contributed by atoms with Gasteiger partial charge < -0.3 is 10.5 Å². The maximum atomic E-state index is 7.77. The summed E-state index contributed by atoms with van der Waals surface area (Å²) < 4.78 is 5.87. The zero-order valence-electron chi connectivity index (χ0n) is 12.0. The number of amidine groups is 1. The molecule has 0 unspecified atom stereocenters. The molecule has 3 N–H and O–H groups in total. The summed E-state index contributed by atoms with van der Waals surface area (Å²) in [6.07, 6.45) is 2.59. The number of hydrogen-bond acceptors (Lipinski definition) is 4. The third kappa shape index (κ3) is 3.90. The van der Waals surface area contributed by atoms with Crippen molar-refractivity contribution in [3.8, 4) is 5.75 Å². The Labute approximate surface area is 125 Å². The molecule has 2 rings (SSSR count). The van der Waals surface area contributed by atoms with E-state index in [1.165, 1.54) is 25.9 Å². The molecular formula is C15H23N3OS. The molecule has 0 radical (unpaired) electrons. The van der Waals surface area contributed by atoms with Crippen LogP contribution >= 0.6 is 11.8 Å². The van der Waals surface area contributed by atoms with Crippen LogP contribution in [0.2, 0.25) is 0 Å². The molecule has 1 saturated heterocycles. The average Bonchev–Trinajstić information content (AvgIpc) is 2.92. The first-order valence-electron chi connectivity index (χ1n) is 7.17. The minimum absolute atomic E-state index is 0.0812. The van der Waals surface area contributed by atoms with E-state index in [1.807, 2.05) is 18.2 Å². The van der Waals surface area contributed by atoms with Gasteiger partial charge in [0.25, 0.3) is 0 Å². The highest BCUT2D eigenvalue weighted by Crippen LogP contribution is 2.29. The minimum atomic E-state index is 0.0812. The Bertz CT molecular complexity index is 458. The molecule has 0 amide bonds. The Morgan fingerprint density at radius 1 is 1.40 bits per heavy atom. The highest BCUT2D eigenvalue weighted by atomic mass is 32.2. The van der Waals surface area contributed by atoms with Crippen LogP contribution in [0.25, 0.3) is 0 Å². The van der Waals surface area contributed by atoms with Crippen molar-refractivity contribution < 1.29 is 4.74 Å². The summed E-state index contributed by atoms with van der Waals surface area (Å²) in [4.78, 5) is 3.44. The van der Waals surface area contributed by atoms with E-state index in [0.29, 0.717) is 6.61 Å². The molecule has 4 nitrogen and oxygen atoms in total. The molecule has 5 heteroatoms. The Kier molecular flexibility index (Phi) is 5.73. The second kappa shape index (κ2) is 7.55. The fourth-order valence-electron chi connectivity index (χ4n) is 2.46. The van der Waals surface area contributed by atoms with Gasteiger partial charge in [-0.3, -0.25) is 10.3 Å². The summed E-state index contributed by atoms with van der Waals surface area (Å²) in [5.41, 5.74) is 6.46. The van der Waals surface area contributed by atoms with Gasteiger partial charge in [0, 0.05) is 11.4 Å². The number of ether oxygens (including phenoxy) is 1. The number of hydrogen-bond donors (Lipinski definition) is 2. The van der Waals surface area contributed by atoms with Gasteiger partial charge in [-0.15, -0.1) is 11.8 Å². The molecule has 0 spiro atoms. The Hall–Kier alpha value is -1.20. The molecule has 0 aromatic heterocycles. The van der Waals surface area contributed by atoms with Gasteiger partial charge in [0.1, 0.15) is 18.2 Å². The lowest BCUT2D eigenvalue weighted by Gasteiger charge is -2.17. The SMILES string of the molecule is CCSc1cccc(OCCN2CCCC2)c1C(=N)N. The number of rotatable bonds is 7. The van der Waals surface area contributed by atoms with E-state index >= 15 is 0 Å². The normalized spacial score (nSPS) is 15.4. The van der Waals surface area contributed by atoms with E-state index < -0.39 is 0 Å². The van der Waals surface area contributed by atoms with Crippen molar-refractivity contribution in [2.75, 3.05) is 32.0 Å². The van der Waals surface area contributed by atoms with E-state index in [9.17, 15) is 0 Å². The van der Waals surface area contributed by atoms with E-state index in [4.69, 9.17) is 15.9 Å². The third-order valence-corrected chi connectivity index (χ3v) is 4.36. The van der Waals surface area contributed by atoms with Crippen molar-refractivity contribution >= 4 is 17.6 Å². The predicted molar refractivity (Wildman–Crippen MR) is 85.0 cm³/mol. The number of likely N-dealkylation sites (tertiary alicyclic amines) is 1. The molecular weight excluding hydrogens is 270 g/mol. The van der Waals surface area contributed by atoms with Gasteiger partial charge >= 0.3 is 0 Å². The zero-order valence-corrected chi connectivity index (χ0v) is 12.8. The number of thioether (sulfide) groups is 1. The summed E-state index contributed by atoms with van der Waals surface area (Å²) in [6.45, 7) is 6.04. The van der Waals surface area contributed by atoms with Gasteiger partial charge in [-0.05, 0) is 43.8 Å². The predicted octanol–water partition coefficient (Wildman–Crippen LogP) is 2.56. The van der Waals surface area contributed by atoms with Gasteiger partial charge in [-0.25, -0.2) is 0 Å². The molecule has 1 fully saturated rings. The summed E-state index contributed by atoms with van der Waals surface area (Å²) in [6, 6.07) is 5.87. The van der Waals surface area contributed by atoms with Crippen LogP contribution in [0.4, 0.5) is 0 Å². The van der Waals surface area contributed by atoms with E-state index in [2.05, 4.69) is 11.8 Å². The lowest BCUT2D eigenvalue weighted by Crippen LogP contribution is -2.25. The number of benzene rings is 1. The molecule has 0 atom stereocenters. The van der Waals surface area contributed by atoms with Gasteiger partial charge in [-0.2, -0.15) is 0 Å². The van der Waals surface area contributed by atoms with Crippen molar-refractivity contribution in [1.82, 2.24) is 4.90 Å². The smallest absolute Gasteiger partial charge is 0.131 e. The molecule has 0 saturated carbocycles. The maximum Gasteiger partial charge on any atom is 0.131 e. The second-order valence-electron chi connectivity index (χ2n) is 4.87. The van der Waals surface area contributed by atoms with Crippen LogP contribution in [0.3, 0.4) is 0 Å². The number of nitrogens with one attached hydrogen (secondary N) is 1. The van der Waals surface area contributed by atoms with Crippen LogP contribution in [0, 0.1) is 5.41 Å². The minimum Gasteiger partial charge on any atom is -0.491 e. The first kappa shape index (κ1) is 15.2. The number of nitrogens with two attached hydrogens (primary N) is 1. The van der Waals surface area contributed by atoms with Crippen molar-refractivity contribution in [2.24, 2.45) is 5.73 Å². The molecule has 110 valence electrons. The third-order valence-electron chi connectivity index (χ3n) is 3.42. The molecule has 1 aliphatic rings. The van der Waals surface area contributed by atoms with Crippen LogP contribution in [-0.4, -0.2) is 42.7 Å². The van der Waals surface area contributed by atoms with Crippen molar-refractivity contribution in [2.45, 2.75) is 24.7 Å². The highest BCUT2D eigenvalue weighted by molar-refractivity contribution is 7.99. The summed E-state index contributed by atoms with van der Waals surface area (Å²) in [5.74, 6) is 1.77. The molecule has 1 aromatic carbocycles. The lowest BCUT2D eigenvalue weighted by atomic mass is 10.2. The summed E-state index contributed by atoms with van der Waals surface area (Å²) in [5, 5.41) is 7.77. The van der Waals surface area contributed by atoms with Crippen LogP contribution in [0.15, 0.2) is 23.1 Å². The van der Waals surface area contributed by atoms with Gasteiger partial charge in [-0.1, -0.05) is 13.0 Å².